The molecule has 0 fully saturated rings. The van der Waals surface area contributed by atoms with E-state index in [1.165, 1.54) is 93.9 Å². The van der Waals surface area contributed by atoms with Crippen LogP contribution in [0.15, 0.2) is 273 Å². The summed E-state index contributed by atoms with van der Waals surface area (Å²) in [5, 5.41) is 2.44. The zero-order valence-corrected chi connectivity index (χ0v) is 41.9. The summed E-state index contributed by atoms with van der Waals surface area (Å²) < 4.78 is 10.1. The molecule has 0 bridgehead atoms. The lowest BCUT2D eigenvalue weighted by molar-refractivity contribution is 0.488. The second-order valence-corrected chi connectivity index (χ2v) is 20.3. The zero-order chi connectivity index (χ0) is 50.3. The van der Waals surface area contributed by atoms with E-state index in [9.17, 15) is 0 Å². The summed E-state index contributed by atoms with van der Waals surface area (Å²) in [6, 6.07) is 100. The number of fused-ring (bicyclic) bond motifs is 7. The van der Waals surface area contributed by atoms with Crippen LogP contribution in [0.3, 0.4) is 0 Å². The molecule has 3 heterocycles. The molecule has 0 saturated heterocycles. The first-order valence-corrected chi connectivity index (χ1v) is 26.3. The average molecular weight is 966 g/mol. The first-order chi connectivity index (χ1) is 37.6. The molecule has 1 aromatic heterocycles. The highest BCUT2D eigenvalue weighted by atomic mass is 16.5. The minimum Gasteiger partial charge on any atom is -0.458 e. The molecule has 0 unspecified atom stereocenters. The fourth-order valence-electron chi connectivity index (χ4n) is 12.6. The summed E-state index contributed by atoms with van der Waals surface area (Å²) in [5.74, 6) is 1.79. The minimum absolute atomic E-state index is 0.178. The van der Waals surface area contributed by atoms with Gasteiger partial charge in [0.15, 0.2) is 0 Å². The monoisotopic (exact) mass is 965 g/mol. The zero-order valence-electron chi connectivity index (χ0n) is 41.9. The minimum atomic E-state index is -0.178. The Bertz CT molecular complexity index is 4430. The van der Waals surface area contributed by atoms with E-state index in [0.717, 1.165) is 56.0 Å². The molecule has 12 aromatic carbocycles. The Balaban J connectivity index is 1.06. The number of hydrogen-bond acceptors (Lipinski definition) is 1. The second-order valence-electron chi connectivity index (χ2n) is 20.3. The predicted octanol–water partition coefficient (Wildman–Crippen LogP) is 17.4. The molecule has 354 valence electrons. The predicted molar refractivity (Wildman–Crippen MR) is 320 cm³/mol. The number of benzene rings is 12. The summed E-state index contributed by atoms with van der Waals surface area (Å²) in [6.07, 6.45) is 0. The fraction of sp³-hybridized carbons (Fsp3) is 0.0137. The Morgan fingerprint density at radius 2 is 0.724 bits per heavy atom. The Labute approximate surface area is 443 Å². The molecular weight excluding hydrogens is 918 g/mol. The van der Waals surface area contributed by atoms with E-state index in [2.05, 4.69) is 284 Å². The Morgan fingerprint density at radius 1 is 0.316 bits per heavy atom. The Morgan fingerprint density at radius 3 is 1.24 bits per heavy atom. The van der Waals surface area contributed by atoms with Gasteiger partial charge in [-0.1, -0.05) is 237 Å². The van der Waals surface area contributed by atoms with Crippen LogP contribution in [0.5, 0.6) is 11.5 Å². The van der Waals surface area contributed by atoms with Gasteiger partial charge >= 0.3 is 0 Å². The number of hydrogen-bond donors (Lipinski definition) is 0. The largest absolute Gasteiger partial charge is 0.458 e. The lowest BCUT2D eigenvalue weighted by Gasteiger charge is -2.35. The van der Waals surface area contributed by atoms with Gasteiger partial charge < -0.3 is 9.30 Å². The molecule has 0 spiro atoms. The lowest BCUT2D eigenvalue weighted by atomic mass is 9.34. The number of nitrogens with zero attached hydrogens (tertiary/aromatic N) is 1. The molecule has 0 aliphatic carbocycles. The van der Waals surface area contributed by atoms with Gasteiger partial charge in [0.2, 0.25) is 0 Å². The standard InChI is InChI=1S/C73H48BNO/c1-47-40-69-71-70(41-47)76-73-65(62-37-21-20-33-58(62)51-28-12-5-13-29-51)44-54(61-36-19-16-32-57(61)50-26-10-4-11-27-50)46-67(73)74(71)66-45-53(60-35-18-15-31-56(60)49-24-8-3-9-25-49)43-64-63-42-52(38-39-68(63)75(69)72(64)66)59-34-17-14-30-55(59)48-22-6-2-7-23-48/h2-46H,1H3. The molecule has 0 atom stereocenters. The highest BCUT2D eigenvalue weighted by molar-refractivity contribution is 6.99. The lowest BCUT2D eigenvalue weighted by Crippen LogP contribution is -2.58. The normalized spacial score (nSPS) is 12.1. The molecule has 15 rings (SSSR count). The van der Waals surface area contributed by atoms with Gasteiger partial charge in [-0.15, -0.1) is 0 Å². The van der Waals surface area contributed by atoms with Crippen molar-refractivity contribution in [3.8, 4) is 106 Å². The molecule has 2 nitrogen and oxygen atoms in total. The van der Waals surface area contributed by atoms with Crippen molar-refractivity contribution in [1.29, 1.82) is 0 Å². The van der Waals surface area contributed by atoms with Crippen molar-refractivity contribution in [1.82, 2.24) is 4.57 Å². The van der Waals surface area contributed by atoms with Gasteiger partial charge in [-0.05, 0) is 149 Å². The number of ether oxygens (including phenoxy) is 1. The summed E-state index contributed by atoms with van der Waals surface area (Å²) in [7, 11) is 0. The van der Waals surface area contributed by atoms with Gasteiger partial charge in [-0.3, -0.25) is 0 Å². The fourth-order valence-corrected chi connectivity index (χ4v) is 12.6. The number of aryl methyl sites for hydroxylation is 1. The Hall–Kier alpha value is -9.70. The maximum Gasteiger partial charge on any atom is 0.256 e. The summed E-state index contributed by atoms with van der Waals surface area (Å²) in [6.45, 7) is 2.03. The molecule has 3 heteroatoms. The van der Waals surface area contributed by atoms with Crippen molar-refractivity contribution in [3.05, 3.63) is 279 Å². The molecule has 13 aromatic rings. The van der Waals surface area contributed by atoms with E-state index in [-0.39, 0.29) is 6.71 Å². The van der Waals surface area contributed by atoms with Gasteiger partial charge in [-0.25, -0.2) is 0 Å². The van der Waals surface area contributed by atoms with E-state index in [0.29, 0.717) is 0 Å². The van der Waals surface area contributed by atoms with Crippen LogP contribution < -0.4 is 21.1 Å². The van der Waals surface area contributed by atoms with E-state index in [1.54, 1.807) is 0 Å². The van der Waals surface area contributed by atoms with Crippen LogP contribution in [0.25, 0.3) is 117 Å². The van der Waals surface area contributed by atoms with E-state index < -0.39 is 0 Å². The van der Waals surface area contributed by atoms with Gasteiger partial charge in [-0.2, -0.15) is 0 Å². The third kappa shape index (κ3) is 7.04. The SMILES string of the molecule is Cc1cc2c3c(c1)-n1c4ccc(-c5ccccc5-c5ccccc5)cc4c4cc(-c5ccccc5-c5ccccc5)cc(c41)B3c1cc(-c3ccccc3-c3ccccc3)cc(-c3ccccc3-c3ccccc3)c1O2. The third-order valence-corrected chi connectivity index (χ3v) is 15.9. The highest BCUT2D eigenvalue weighted by Crippen LogP contribution is 2.47. The second kappa shape index (κ2) is 17.8. The molecule has 0 saturated carbocycles. The Kier molecular flexibility index (Phi) is 10.2. The smallest absolute Gasteiger partial charge is 0.256 e. The molecule has 2 aliphatic heterocycles. The summed E-state index contributed by atoms with van der Waals surface area (Å²) in [5.41, 5.74) is 27.1. The van der Waals surface area contributed by atoms with Gasteiger partial charge in [0.25, 0.3) is 6.71 Å². The number of rotatable bonds is 8. The van der Waals surface area contributed by atoms with Crippen LogP contribution in [0, 0.1) is 6.92 Å². The first-order valence-electron chi connectivity index (χ1n) is 26.3. The highest BCUT2D eigenvalue weighted by Gasteiger charge is 2.42. The molecule has 0 amide bonds. The maximum absolute atomic E-state index is 7.60. The van der Waals surface area contributed by atoms with Crippen LogP contribution in [-0.2, 0) is 0 Å². The van der Waals surface area contributed by atoms with Crippen molar-refractivity contribution in [2.45, 2.75) is 6.92 Å². The van der Waals surface area contributed by atoms with Crippen LogP contribution in [0.4, 0.5) is 0 Å². The number of aromatic nitrogens is 1. The topological polar surface area (TPSA) is 14.2 Å². The average Bonchev–Trinajstić information content (AvgIpc) is 4.05. The van der Waals surface area contributed by atoms with Crippen LogP contribution in [0.1, 0.15) is 5.56 Å². The quantitative estimate of drug-likeness (QED) is 0.138. The maximum atomic E-state index is 7.60. The van der Waals surface area contributed by atoms with Crippen molar-refractivity contribution in [3.63, 3.8) is 0 Å². The van der Waals surface area contributed by atoms with Crippen LogP contribution in [-0.4, -0.2) is 11.3 Å². The van der Waals surface area contributed by atoms with E-state index >= 15 is 0 Å². The van der Waals surface area contributed by atoms with Crippen molar-refractivity contribution < 1.29 is 4.74 Å². The first kappa shape index (κ1) is 43.8. The van der Waals surface area contributed by atoms with Gasteiger partial charge in [0, 0.05) is 27.5 Å². The molecular formula is C73H48BNO. The van der Waals surface area contributed by atoms with Crippen molar-refractivity contribution >= 4 is 44.9 Å². The van der Waals surface area contributed by atoms with E-state index in [1.807, 2.05) is 0 Å². The molecule has 2 aliphatic rings. The summed E-state index contributed by atoms with van der Waals surface area (Å²) in [4.78, 5) is 0. The summed E-state index contributed by atoms with van der Waals surface area (Å²) >= 11 is 0. The van der Waals surface area contributed by atoms with Crippen LogP contribution in [0.2, 0.25) is 0 Å². The van der Waals surface area contributed by atoms with Gasteiger partial charge in [0.05, 0.1) is 5.52 Å². The molecule has 76 heavy (non-hydrogen) atoms. The van der Waals surface area contributed by atoms with Crippen molar-refractivity contribution in [2.75, 3.05) is 0 Å². The third-order valence-electron chi connectivity index (χ3n) is 15.9. The van der Waals surface area contributed by atoms with Crippen LogP contribution >= 0.6 is 0 Å². The van der Waals surface area contributed by atoms with E-state index in [4.69, 9.17) is 4.74 Å². The van der Waals surface area contributed by atoms with Crippen molar-refractivity contribution in [2.24, 2.45) is 0 Å². The molecule has 0 N–H and O–H groups in total. The molecule has 0 radical (unpaired) electrons. The van der Waals surface area contributed by atoms with Gasteiger partial charge in [0.1, 0.15) is 11.5 Å².